The van der Waals surface area contributed by atoms with Gasteiger partial charge in [-0.3, -0.25) is 0 Å². The minimum atomic E-state index is 0.239. The van der Waals surface area contributed by atoms with Gasteiger partial charge in [0.15, 0.2) is 0 Å². The van der Waals surface area contributed by atoms with Crippen LogP contribution in [0.5, 0.6) is 5.75 Å². The molecule has 4 nitrogen and oxygen atoms in total. The molecule has 1 aromatic heterocycles. The molecule has 0 radical (unpaired) electrons. The molecule has 0 spiro atoms. The second kappa shape index (κ2) is 9.17. The Kier molecular flexibility index (Phi) is 5.98. The highest BCUT2D eigenvalue weighted by Gasteiger charge is 2.08. The number of phenolic OH excluding ortho intramolecular Hbond substituents is 1. The van der Waals surface area contributed by atoms with Gasteiger partial charge in [-0.05, 0) is 47.4 Å². The zero-order valence-corrected chi connectivity index (χ0v) is 16.7. The third-order valence-corrected chi connectivity index (χ3v) is 5.43. The van der Waals surface area contributed by atoms with E-state index in [0.29, 0.717) is 0 Å². The van der Waals surface area contributed by atoms with Gasteiger partial charge in [0.2, 0.25) is 4.80 Å². The lowest BCUT2D eigenvalue weighted by molar-refractivity contribution is 0.475. The first-order valence-corrected chi connectivity index (χ1v) is 10.3. The van der Waals surface area contributed by atoms with E-state index in [0.717, 1.165) is 29.0 Å². The minimum Gasteiger partial charge on any atom is -0.508 e. The van der Waals surface area contributed by atoms with Gasteiger partial charge in [-0.2, -0.15) is 5.10 Å². The first-order chi connectivity index (χ1) is 14.3. The van der Waals surface area contributed by atoms with E-state index in [2.05, 4.69) is 56.5 Å². The Bertz CT molecular complexity index is 1140. The van der Waals surface area contributed by atoms with Crippen molar-refractivity contribution in [1.82, 2.24) is 4.57 Å². The van der Waals surface area contributed by atoms with E-state index >= 15 is 0 Å². The van der Waals surface area contributed by atoms with Crippen LogP contribution in [-0.4, -0.2) is 15.9 Å². The summed E-state index contributed by atoms with van der Waals surface area (Å²) in [6.45, 7) is 0.825. The fourth-order valence-corrected chi connectivity index (χ4v) is 3.95. The predicted molar refractivity (Wildman–Crippen MR) is 119 cm³/mol. The van der Waals surface area contributed by atoms with Gasteiger partial charge in [-0.15, -0.1) is 16.4 Å². The molecule has 0 saturated carbocycles. The van der Waals surface area contributed by atoms with Crippen molar-refractivity contribution >= 4 is 17.6 Å². The summed E-state index contributed by atoms with van der Waals surface area (Å²) in [5.41, 5.74) is 4.50. The number of nitrogens with zero attached hydrogens (tertiary/aromatic N) is 3. The maximum absolute atomic E-state index is 9.39. The van der Waals surface area contributed by atoms with E-state index in [1.807, 2.05) is 36.4 Å². The van der Waals surface area contributed by atoms with Gasteiger partial charge in [0.1, 0.15) is 5.75 Å². The predicted octanol–water partition coefficient (Wildman–Crippen LogP) is 5.10. The molecular weight excluding hydrogens is 378 g/mol. The van der Waals surface area contributed by atoms with Crippen molar-refractivity contribution in [2.45, 2.75) is 13.0 Å². The number of hydrogen-bond donors (Lipinski definition) is 1. The Hall–Kier alpha value is -3.44. The van der Waals surface area contributed by atoms with E-state index in [1.54, 1.807) is 29.7 Å². The normalized spacial score (nSPS) is 11.9. The largest absolute Gasteiger partial charge is 0.508 e. The molecule has 1 heterocycles. The number of phenols is 1. The molecule has 3 aromatic carbocycles. The molecule has 0 saturated heterocycles. The van der Waals surface area contributed by atoms with Crippen molar-refractivity contribution in [3.63, 3.8) is 0 Å². The summed E-state index contributed by atoms with van der Waals surface area (Å²) < 4.78 is 2.22. The molecule has 0 aliphatic heterocycles. The molecule has 5 heteroatoms. The fraction of sp³-hybridized carbons (Fsp3) is 0.0833. The third-order valence-electron chi connectivity index (χ3n) is 4.58. The van der Waals surface area contributed by atoms with Gasteiger partial charge in [0, 0.05) is 11.9 Å². The quantitative estimate of drug-likeness (QED) is 0.356. The summed E-state index contributed by atoms with van der Waals surface area (Å²) in [4.78, 5) is 0.856. The Morgan fingerprint density at radius 2 is 1.55 bits per heavy atom. The summed E-state index contributed by atoms with van der Waals surface area (Å²) >= 11 is 1.59. The molecule has 144 valence electrons. The van der Waals surface area contributed by atoms with E-state index in [-0.39, 0.29) is 5.75 Å². The summed E-state index contributed by atoms with van der Waals surface area (Å²) in [5.74, 6) is 0.239. The topological polar surface area (TPSA) is 49.9 Å². The van der Waals surface area contributed by atoms with Crippen LogP contribution in [0.3, 0.4) is 0 Å². The number of aromatic hydroxyl groups is 1. The Labute approximate surface area is 173 Å². The average molecular weight is 400 g/mol. The third kappa shape index (κ3) is 4.89. The first kappa shape index (κ1) is 18.9. The molecule has 0 aliphatic rings. The van der Waals surface area contributed by atoms with E-state index in [4.69, 9.17) is 0 Å². The van der Waals surface area contributed by atoms with Gasteiger partial charge in [0.25, 0.3) is 0 Å². The maximum Gasteiger partial charge on any atom is 0.211 e. The zero-order valence-electron chi connectivity index (χ0n) is 15.8. The van der Waals surface area contributed by atoms with Crippen LogP contribution >= 0.6 is 11.3 Å². The highest BCUT2D eigenvalue weighted by atomic mass is 32.1. The van der Waals surface area contributed by atoms with Crippen molar-refractivity contribution in [2.24, 2.45) is 10.2 Å². The van der Waals surface area contributed by atoms with Crippen molar-refractivity contribution in [2.75, 3.05) is 0 Å². The van der Waals surface area contributed by atoms with Crippen LogP contribution in [0.2, 0.25) is 0 Å². The van der Waals surface area contributed by atoms with Gasteiger partial charge < -0.3 is 9.67 Å². The fourth-order valence-electron chi connectivity index (χ4n) is 3.06. The molecule has 4 aromatic rings. The highest BCUT2D eigenvalue weighted by Crippen LogP contribution is 2.20. The van der Waals surface area contributed by atoms with Crippen LogP contribution in [-0.2, 0) is 13.0 Å². The van der Waals surface area contributed by atoms with Crippen molar-refractivity contribution < 1.29 is 5.11 Å². The number of rotatable bonds is 6. The number of aryl methyl sites for hydroxylation is 1. The molecule has 29 heavy (non-hydrogen) atoms. The van der Waals surface area contributed by atoms with Crippen LogP contribution in [0.15, 0.2) is 101 Å². The smallest absolute Gasteiger partial charge is 0.211 e. The number of benzene rings is 3. The lowest BCUT2D eigenvalue weighted by Crippen LogP contribution is -2.17. The molecule has 0 atom stereocenters. The first-order valence-electron chi connectivity index (χ1n) is 9.43. The van der Waals surface area contributed by atoms with Gasteiger partial charge >= 0.3 is 0 Å². The number of aromatic nitrogens is 1. The standard InChI is InChI=1S/C24H21N3OS/c28-22-13-11-20(12-14-22)17-25-26-24-27(16-15-19-7-3-1-4-8-19)23(18-29-24)21-9-5-2-6-10-21/h1-14,17-18,28H,15-16H2/b25-17+,26-24?. The SMILES string of the molecule is Oc1ccc(/C=N/N=c2scc(-c3ccccc3)n2CCc2ccccc2)cc1. The van der Waals surface area contributed by atoms with E-state index in [9.17, 15) is 5.11 Å². The minimum absolute atomic E-state index is 0.239. The lowest BCUT2D eigenvalue weighted by atomic mass is 10.1. The van der Waals surface area contributed by atoms with Crippen molar-refractivity contribution in [1.29, 1.82) is 0 Å². The lowest BCUT2D eigenvalue weighted by Gasteiger charge is -2.09. The molecule has 4 rings (SSSR count). The Morgan fingerprint density at radius 1 is 0.862 bits per heavy atom. The molecule has 0 fully saturated rings. The molecule has 0 unspecified atom stereocenters. The zero-order chi connectivity index (χ0) is 19.9. The van der Waals surface area contributed by atoms with Gasteiger partial charge in [0.05, 0.1) is 11.9 Å². The Balaban J connectivity index is 1.65. The summed E-state index contributed by atoms with van der Waals surface area (Å²) in [6.07, 6.45) is 2.62. The van der Waals surface area contributed by atoms with E-state index < -0.39 is 0 Å². The van der Waals surface area contributed by atoms with Crippen molar-refractivity contribution in [3.8, 4) is 17.0 Å². The highest BCUT2D eigenvalue weighted by molar-refractivity contribution is 7.07. The Morgan fingerprint density at radius 3 is 2.28 bits per heavy atom. The number of thiazole rings is 1. The van der Waals surface area contributed by atoms with Crippen LogP contribution < -0.4 is 4.80 Å². The van der Waals surface area contributed by atoms with Gasteiger partial charge in [-0.1, -0.05) is 60.7 Å². The molecular formula is C24H21N3OS. The van der Waals surface area contributed by atoms with Crippen LogP contribution in [0.4, 0.5) is 0 Å². The van der Waals surface area contributed by atoms with Crippen LogP contribution in [0.1, 0.15) is 11.1 Å². The molecule has 0 aliphatic carbocycles. The van der Waals surface area contributed by atoms with Crippen LogP contribution in [0.25, 0.3) is 11.3 Å². The molecule has 0 amide bonds. The molecule has 0 bridgehead atoms. The second-order valence-corrected chi connectivity index (χ2v) is 7.43. The summed E-state index contributed by atoms with van der Waals surface area (Å²) in [7, 11) is 0. The maximum atomic E-state index is 9.39. The van der Waals surface area contributed by atoms with Crippen molar-refractivity contribution in [3.05, 3.63) is 106 Å². The summed E-state index contributed by atoms with van der Waals surface area (Å²) in [6, 6.07) is 27.7. The average Bonchev–Trinajstić information content (AvgIpc) is 3.18. The monoisotopic (exact) mass is 399 g/mol. The van der Waals surface area contributed by atoms with Crippen LogP contribution in [0, 0.1) is 0 Å². The summed E-state index contributed by atoms with van der Waals surface area (Å²) in [5, 5.41) is 20.3. The van der Waals surface area contributed by atoms with Gasteiger partial charge in [-0.25, -0.2) is 0 Å². The number of hydrogen-bond acceptors (Lipinski definition) is 4. The second-order valence-electron chi connectivity index (χ2n) is 6.59. The molecule has 1 N–H and O–H groups in total. The van der Waals surface area contributed by atoms with E-state index in [1.165, 1.54) is 11.1 Å².